The second kappa shape index (κ2) is 12.1. The van der Waals surface area contributed by atoms with E-state index < -0.39 is 12.0 Å². The van der Waals surface area contributed by atoms with Crippen molar-refractivity contribution in [2.45, 2.75) is 83.6 Å². The smallest absolute Gasteiger partial charge is 0.325 e. The summed E-state index contributed by atoms with van der Waals surface area (Å²) in [5, 5.41) is 8.88. The first kappa shape index (κ1) is 19.7. The first-order chi connectivity index (χ1) is 11.1. The van der Waals surface area contributed by atoms with Crippen LogP contribution >= 0.6 is 0 Å². The Balaban J connectivity index is 2.06. The van der Waals surface area contributed by atoms with Crippen LogP contribution in [0.2, 0.25) is 0 Å². The third kappa shape index (κ3) is 8.75. The van der Waals surface area contributed by atoms with Gasteiger partial charge in [-0.25, -0.2) is 0 Å². The number of hydrogen-bond acceptors (Lipinski definition) is 2. The zero-order valence-electron chi connectivity index (χ0n) is 14.6. The summed E-state index contributed by atoms with van der Waals surface area (Å²) in [6, 6.07) is 6.77. The molecule has 1 unspecified atom stereocenters. The van der Waals surface area contributed by atoms with Crippen LogP contribution in [0.3, 0.4) is 0 Å². The van der Waals surface area contributed by atoms with Gasteiger partial charge < -0.3 is 10.8 Å². The molecule has 0 aliphatic heterocycles. The lowest BCUT2D eigenvalue weighted by atomic mass is 10.0. The fourth-order valence-electron chi connectivity index (χ4n) is 2.85. The molecule has 130 valence electrons. The zero-order chi connectivity index (χ0) is 16.9. The molecule has 0 aliphatic carbocycles. The molecular weight excluding hydrogens is 286 g/mol. The average molecular weight is 319 g/mol. The highest BCUT2D eigenvalue weighted by Gasteiger charge is 2.13. The van der Waals surface area contributed by atoms with Crippen LogP contribution in [0, 0.1) is 0 Å². The molecule has 0 heterocycles. The predicted octanol–water partition coefficient (Wildman–Crippen LogP) is 5.23. The van der Waals surface area contributed by atoms with E-state index in [-0.39, 0.29) is 0 Å². The van der Waals surface area contributed by atoms with E-state index in [2.05, 4.69) is 6.92 Å². The van der Waals surface area contributed by atoms with E-state index in [0.29, 0.717) is 5.56 Å². The Bertz CT molecular complexity index is 428. The molecule has 0 saturated carbocycles. The maximum absolute atomic E-state index is 10.8. The first-order valence-electron chi connectivity index (χ1n) is 9.22. The Labute approximate surface area is 141 Å². The molecule has 0 bridgehead atoms. The summed E-state index contributed by atoms with van der Waals surface area (Å²) in [5.41, 5.74) is 7.53. The van der Waals surface area contributed by atoms with E-state index in [1.165, 1.54) is 69.8 Å². The van der Waals surface area contributed by atoms with Gasteiger partial charge in [0.25, 0.3) is 0 Å². The number of hydrogen-bond donors (Lipinski definition) is 2. The monoisotopic (exact) mass is 319 g/mol. The lowest BCUT2D eigenvalue weighted by molar-refractivity contribution is -0.138. The number of aryl methyl sites for hydroxylation is 1. The Morgan fingerprint density at radius 3 is 1.87 bits per heavy atom. The SMILES string of the molecule is CCCCCCCCCCCCc1ccc(C(N)C(=O)O)cc1. The van der Waals surface area contributed by atoms with Crippen LogP contribution in [0.25, 0.3) is 0 Å². The maximum Gasteiger partial charge on any atom is 0.325 e. The van der Waals surface area contributed by atoms with Gasteiger partial charge in [0.2, 0.25) is 0 Å². The van der Waals surface area contributed by atoms with Crippen LogP contribution in [0.5, 0.6) is 0 Å². The molecule has 3 heteroatoms. The molecule has 1 aromatic rings. The van der Waals surface area contributed by atoms with Crippen molar-refractivity contribution in [2.75, 3.05) is 0 Å². The molecule has 1 aromatic carbocycles. The Morgan fingerprint density at radius 2 is 1.39 bits per heavy atom. The number of unbranched alkanes of at least 4 members (excludes halogenated alkanes) is 9. The molecule has 0 aliphatic rings. The molecule has 0 radical (unpaired) electrons. The van der Waals surface area contributed by atoms with Crippen LogP contribution in [-0.2, 0) is 11.2 Å². The van der Waals surface area contributed by atoms with E-state index in [4.69, 9.17) is 10.8 Å². The van der Waals surface area contributed by atoms with Crippen molar-refractivity contribution in [1.29, 1.82) is 0 Å². The fourth-order valence-corrected chi connectivity index (χ4v) is 2.85. The molecular formula is C20H33NO2. The lowest BCUT2D eigenvalue weighted by Crippen LogP contribution is -2.20. The van der Waals surface area contributed by atoms with E-state index in [1.807, 2.05) is 24.3 Å². The van der Waals surface area contributed by atoms with Crippen molar-refractivity contribution in [3.8, 4) is 0 Å². The van der Waals surface area contributed by atoms with Crippen LogP contribution in [0.4, 0.5) is 0 Å². The Kier molecular flexibility index (Phi) is 10.4. The van der Waals surface area contributed by atoms with Crippen molar-refractivity contribution < 1.29 is 9.90 Å². The number of benzene rings is 1. The Morgan fingerprint density at radius 1 is 0.913 bits per heavy atom. The number of carbonyl (C=O) groups is 1. The molecule has 1 atom stereocenters. The van der Waals surface area contributed by atoms with Gasteiger partial charge in [0.15, 0.2) is 0 Å². The second-order valence-corrected chi connectivity index (χ2v) is 6.49. The van der Waals surface area contributed by atoms with Crippen molar-refractivity contribution >= 4 is 5.97 Å². The molecule has 1 rings (SSSR count). The van der Waals surface area contributed by atoms with Crippen molar-refractivity contribution in [3.63, 3.8) is 0 Å². The van der Waals surface area contributed by atoms with Gasteiger partial charge >= 0.3 is 5.97 Å². The van der Waals surface area contributed by atoms with Crippen molar-refractivity contribution in [3.05, 3.63) is 35.4 Å². The molecule has 3 N–H and O–H groups in total. The van der Waals surface area contributed by atoms with Crippen molar-refractivity contribution in [1.82, 2.24) is 0 Å². The third-order valence-electron chi connectivity index (χ3n) is 4.42. The van der Waals surface area contributed by atoms with Gasteiger partial charge in [0.1, 0.15) is 6.04 Å². The summed E-state index contributed by atoms with van der Waals surface area (Å²) in [6.07, 6.45) is 14.5. The molecule has 0 saturated heterocycles. The number of aliphatic carboxylic acids is 1. The number of carboxylic acid groups (broad SMARTS) is 1. The number of rotatable bonds is 13. The summed E-state index contributed by atoms with van der Waals surface area (Å²) >= 11 is 0. The summed E-state index contributed by atoms with van der Waals surface area (Å²) in [7, 11) is 0. The van der Waals surface area contributed by atoms with Gasteiger partial charge in [-0.2, -0.15) is 0 Å². The highest BCUT2D eigenvalue weighted by Crippen LogP contribution is 2.15. The minimum Gasteiger partial charge on any atom is -0.480 e. The number of carboxylic acids is 1. The van der Waals surface area contributed by atoms with Gasteiger partial charge in [-0.05, 0) is 24.0 Å². The second-order valence-electron chi connectivity index (χ2n) is 6.49. The van der Waals surface area contributed by atoms with Crippen LogP contribution in [-0.4, -0.2) is 11.1 Å². The van der Waals surface area contributed by atoms with E-state index >= 15 is 0 Å². The topological polar surface area (TPSA) is 63.3 Å². The minimum atomic E-state index is -0.979. The quantitative estimate of drug-likeness (QED) is 0.489. The summed E-state index contributed by atoms with van der Waals surface area (Å²) in [4.78, 5) is 10.8. The summed E-state index contributed by atoms with van der Waals surface area (Å²) in [6.45, 7) is 2.26. The maximum atomic E-state index is 10.8. The third-order valence-corrected chi connectivity index (χ3v) is 4.42. The standard InChI is InChI=1S/C20H33NO2/c1-2-3-4-5-6-7-8-9-10-11-12-17-13-15-18(16-14-17)19(21)20(22)23/h13-16,19H,2-12,21H2,1H3,(H,22,23). The Hall–Kier alpha value is -1.35. The zero-order valence-corrected chi connectivity index (χ0v) is 14.6. The normalized spacial score (nSPS) is 12.3. The first-order valence-corrected chi connectivity index (χ1v) is 9.22. The molecule has 0 spiro atoms. The predicted molar refractivity (Wildman–Crippen MR) is 96.6 cm³/mol. The summed E-state index contributed by atoms with van der Waals surface area (Å²) < 4.78 is 0. The van der Waals surface area contributed by atoms with E-state index in [0.717, 1.165) is 6.42 Å². The average Bonchev–Trinajstić information content (AvgIpc) is 2.56. The summed E-state index contributed by atoms with van der Waals surface area (Å²) in [5.74, 6) is -0.979. The highest BCUT2D eigenvalue weighted by atomic mass is 16.4. The molecule has 23 heavy (non-hydrogen) atoms. The highest BCUT2D eigenvalue weighted by molar-refractivity contribution is 5.75. The van der Waals surface area contributed by atoms with Gasteiger partial charge in [-0.1, -0.05) is 89.0 Å². The van der Waals surface area contributed by atoms with Gasteiger partial charge in [-0.3, -0.25) is 4.79 Å². The van der Waals surface area contributed by atoms with Crippen LogP contribution < -0.4 is 5.73 Å². The molecule has 0 amide bonds. The van der Waals surface area contributed by atoms with Gasteiger partial charge in [0, 0.05) is 0 Å². The van der Waals surface area contributed by atoms with Crippen LogP contribution in [0.15, 0.2) is 24.3 Å². The van der Waals surface area contributed by atoms with E-state index in [1.54, 1.807) is 0 Å². The van der Waals surface area contributed by atoms with Crippen LogP contribution in [0.1, 0.15) is 88.3 Å². The molecule has 3 nitrogen and oxygen atoms in total. The van der Waals surface area contributed by atoms with Crippen molar-refractivity contribution in [2.24, 2.45) is 5.73 Å². The lowest BCUT2D eigenvalue weighted by Gasteiger charge is -2.08. The largest absolute Gasteiger partial charge is 0.480 e. The fraction of sp³-hybridized carbons (Fsp3) is 0.650. The van der Waals surface area contributed by atoms with E-state index in [9.17, 15) is 4.79 Å². The number of nitrogens with two attached hydrogens (primary N) is 1. The molecule has 0 aromatic heterocycles. The molecule has 0 fully saturated rings. The van der Waals surface area contributed by atoms with Gasteiger partial charge in [0.05, 0.1) is 0 Å². The minimum absolute atomic E-state index is 0.671. The van der Waals surface area contributed by atoms with Gasteiger partial charge in [-0.15, -0.1) is 0 Å².